The standard InChI is InChI=1S/C22H13Cl2F4N3O3S/c1-35(33,34)30-21(32)15-7-17(24)19(8-18(15)25)31-10-16(14-6-13(23)9-29-20(14)31)11-2-4-12(5-3-11)22(26,27)28/h2-10H,1H3,(H,30,32). The van der Waals surface area contributed by atoms with Gasteiger partial charge in [0, 0.05) is 29.4 Å². The molecular weight excluding hydrogens is 533 g/mol. The van der Waals surface area contributed by atoms with Crippen LogP contribution in [0.5, 0.6) is 0 Å². The lowest BCUT2D eigenvalue weighted by Crippen LogP contribution is -2.30. The lowest BCUT2D eigenvalue weighted by atomic mass is 10.0. The maximum Gasteiger partial charge on any atom is 0.416 e. The molecule has 0 spiro atoms. The van der Waals surface area contributed by atoms with Crippen LogP contribution in [0.4, 0.5) is 17.6 Å². The monoisotopic (exact) mass is 545 g/mol. The third-order valence-electron chi connectivity index (χ3n) is 4.95. The third-order valence-corrected chi connectivity index (χ3v) is 6.02. The average molecular weight is 546 g/mol. The molecule has 6 nitrogen and oxygen atoms in total. The van der Waals surface area contributed by atoms with E-state index in [1.165, 1.54) is 29.1 Å². The van der Waals surface area contributed by atoms with E-state index in [0.29, 0.717) is 16.5 Å². The Hall–Kier alpha value is -3.15. The second-order valence-corrected chi connectivity index (χ2v) is 10.1. The first-order valence-electron chi connectivity index (χ1n) is 9.60. The number of rotatable bonds is 4. The molecule has 2 aromatic heterocycles. The molecule has 0 saturated heterocycles. The Morgan fingerprint density at radius 2 is 1.74 bits per heavy atom. The molecule has 0 unspecified atom stereocenters. The average Bonchev–Trinajstić information content (AvgIpc) is 3.11. The summed E-state index contributed by atoms with van der Waals surface area (Å²) in [5.41, 5.74) is -0.253. The van der Waals surface area contributed by atoms with Crippen molar-refractivity contribution in [3.63, 3.8) is 0 Å². The largest absolute Gasteiger partial charge is 0.416 e. The van der Waals surface area contributed by atoms with Crippen LogP contribution in [0.1, 0.15) is 15.9 Å². The molecule has 2 aromatic carbocycles. The molecule has 4 rings (SSSR count). The quantitative estimate of drug-likeness (QED) is 0.326. The first-order valence-corrected chi connectivity index (χ1v) is 12.2. The Kier molecular flexibility index (Phi) is 6.28. The number of pyridine rings is 1. The van der Waals surface area contributed by atoms with E-state index in [4.69, 9.17) is 23.2 Å². The van der Waals surface area contributed by atoms with E-state index >= 15 is 0 Å². The van der Waals surface area contributed by atoms with Gasteiger partial charge in [-0.3, -0.25) is 9.36 Å². The highest BCUT2D eigenvalue weighted by Crippen LogP contribution is 2.37. The summed E-state index contributed by atoms with van der Waals surface area (Å²) in [5, 5.41) is 0.596. The van der Waals surface area contributed by atoms with Crippen molar-refractivity contribution >= 4 is 50.2 Å². The molecule has 0 aliphatic heterocycles. The number of carbonyl (C=O) groups is 1. The van der Waals surface area contributed by atoms with Crippen molar-refractivity contribution in [2.45, 2.75) is 6.18 Å². The highest BCUT2D eigenvalue weighted by atomic mass is 35.5. The van der Waals surface area contributed by atoms with Crippen LogP contribution < -0.4 is 4.72 Å². The smallest absolute Gasteiger partial charge is 0.299 e. The van der Waals surface area contributed by atoms with Crippen LogP contribution in [0.15, 0.2) is 54.9 Å². The van der Waals surface area contributed by atoms with Gasteiger partial charge >= 0.3 is 6.18 Å². The zero-order valence-electron chi connectivity index (χ0n) is 17.5. The van der Waals surface area contributed by atoms with Gasteiger partial charge in [0.1, 0.15) is 11.5 Å². The highest BCUT2D eigenvalue weighted by Gasteiger charge is 2.30. The van der Waals surface area contributed by atoms with Crippen molar-refractivity contribution in [2.24, 2.45) is 0 Å². The van der Waals surface area contributed by atoms with E-state index < -0.39 is 39.1 Å². The van der Waals surface area contributed by atoms with Crippen LogP contribution in [0.25, 0.3) is 27.8 Å². The van der Waals surface area contributed by atoms with Crippen LogP contribution in [-0.4, -0.2) is 30.1 Å². The summed E-state index contributed by atoms with van der Waals surface area (Å²) >= 11 is 12.4. The van der Waals surface area contributed by atoms with E-state index in [9.17, 15) is 30.8 Å². The number of nitrogens with one attached hydrogen (secondary N) is 1. The van der Waals surface area contributed by atoms with E-state index in [2.05, 4.69) is 4.98 Å². The second-order valence-electron chi connectivity index (χ2n) is 7.50. The number of sulfonamides is 1. The first-order chi connectivity index (χ1) is 16.2. The SMILES string of the molecule is CS(=O)(=O)NC(=O)c1cc(Cl)c(-n2cc(-c3ccc(C(F)(F)F)cc3)c3cc(Cl)cnc32)cc1F. The summed E-state index contributed by atoms with van der Waals surface area (Å²) in [5.74, 6) is -2.26. The van der Waals surface area contributed by atoms with Gasteiger partial charge in [0.15, 0.2) is 0 Å². The molecule has 0 fully saturated rings. The Balaban J connectivity index is 1.87. The molecule has 1 amide bonds. The summed E-state index contributed by atoms with van der Waals surface area (Å²) in [7, 11) is -3.94. The van der Waals surface area contributed by atoms with Crippen molar-refractivity contribution in [2.75, 3.05) is 6.26 Å². The maximum absolute atomic E-state index is 14.8. The number of halogens is 6. The van der Waals surface area contributed by atoms with Gasteiger partial charge in [0.25, 0.3) is 5.91 Å². The van der Waals surface area contributed by atoms with Crippen molar-refractivity contribution in [3.8, 4) is 16.8 Å². The van der Waals surface area contributed by atoms with E-state index in [-0.39, 0.29) is 21.4 Å². The van der Waals surface area contributed by atoms with Gasteiger partial charge in [0.05, 0.1) is 33.1 Å². The van der Waals surface area contributed by atoms with Crippen molar-refractivity contribution < 1.29 is 30.8 Å². The number of nitrogens with zero attached hydrogens (tertiary/aromatic N) is 2. The number of hydrogen-bond acceptors (Lipinski definition) is 4. The second kappa shape index (κ2) is 8.81. The van der Waals surface area contributed by atoms with Crippen molar-refractivity contribution in [1.82, 2.24) is 14.3 Å². The highest BCUT2D eigenvalue weighted by molar-refractivity contribution is 7.89. The maximum atomic E-state index is 14.8. The molecule has 0 radical (unpaired) electrons. The molecule has 0 atom stereocenters. The molecule has 0 bridgehead atoms. The zero-order chi connectivity index (χ0) is 25.7. The summed E-state index contributed by atoms with van der Waals surface area (Å²) in [6.45, 7) is 0. The number of aromatic nitrogens is 2. The Bertz CT molecular complexity index is 1580. The minimum absolute atomic E-state index is 0.0538. The molecule has 13 heteroatoms. The lowest BCUT2D eigenvalue weighted by Gasteiger charge is -2.11. The molecule has 0 saturated carbocycles. The molecule has 0 aliphatic rings. The van der Waals surface area contributed by atoms with Crippen LogP contribution in [0.3, 0.4) is 0 Å². The first kappa shape index (κ1) is 25.0. The molecule has 0 aliphatic carbocycles. The summed E-state index contributed by atoms with van der Waals surface area (Å²) in [6, 6.07) is 7.85. The molecule has 1 N–H and O–H groups in total. The van der Waals surface area contributed by atoms with E-state index in [1.807, 2.05) is 0 Å². The number of alkyl halides is 3. The van der Waals surface area contributed by atoms with E-state index in [1.54, 1.807) is 10.8 Å². The molecule has 2 heterocycles. The molecule has 182 valence electrons. The minimum atomic E-state index is -4.51. The van der Waals surface area contributed by atoms with Gasteiger partial charge < -0.3 is 0 Å². The van der Waals surface area contributed by atoms with E-state index in [0.717, 1.165) is 30.5 Å². The predicted octanol–water partition coefficient (Wildman–Crippen LogP) is 5.85. The zero-order valence-corrected chi connectivity index (χ0v) is 19.8. The van der Waals surface area contributed by atoms with Crippen molar-refractivity contribution in [3.05, 3.63) is 81.8 Å². The number of benzene rings is 2. The fourth-order valence-corrected chi connectivity index (χ4v) is 4.31. The molecule has 35 heavy (non-hydrogen) atoms. The number of carbonyl (C=O) groups excluding carboxylic acids is 1. The minimum Gasteiger partial charge on any atom is -0.299 e. The fourth-order valence-electron chi connectivity index (χ4n) is 3.45. The van der Waals surface area contributed by atoms with Crippen LogP contribution >= 0.6 is 23.2 Å². The van der Waals surface area contributed by atoms with Gasteiger partial charge in [-0.05, 0) is 29.8 Å². The number of fused-ring (bicyclic) bond motifs is 1. The Morgan fingerprint density at radius 3 is 2.34 bits per heavy atom. The Morgan fingerprint density at radius 1 is 1.09 bits per heavy atom. The lowest BCUT2D eigenvalue weighted by molar-refractivity contribution is -0.137. The van der Waals surface area contributed by atoms with Gasteiger partial charge in [-0.25, -0.2) is 22.5 Å². The third kappa shape index (κ3) is 5.12. The predicted molar refractivity (Wildman–Crippen MR) is 124 cm³/mol. The number of hydrogen-bond donors (Lipinski definition) is 1. The van der Waals surface area contributed by atoms with Gasteiger partial charge in [0.2, 0.25) is 10.0 Å². The van der Waals surface area contributed by atoms with Gasteiger partial charge in [-0.15, -0.1) is 0 Å². The van der Waals surface area contributed by atoms with Gasteiger partial charge in [-0.1, -0.05) is 35.3 Å². The van der Waals surface area contributed by atoms with Crippen LogP contribution in [-0.2, 0) is 16.2 Å². The normalized spacial score (nSPS) is 12.2. The number of amides is 1. The fraction of sp³-hybridized carbons (Fsp3) is 0.0909. The molecule has 4 aromatic rings. The van der Waals surface area contributed by atoms with Crippen LogP contribution in [0, 0.1) is 5.82 Å². The molecular formula is C22H13Cl2F4N3O3S. The van der Waals surface area contributed by atoms with Crippen molar-refractivity contribution in [1.29, 1.82) is 0 Å². The Labute approximate surface area is 206 Å². The summed E-state index contributed by atoms with van der Waals surface area (Å²) in [6.07, 6.45) is -0.944. The van der Waals surface area contributed by atoms with Gasteiger partial charge in [-0.2, -0.15) is 13.2 Å². The topological polar surface area (TPSA) is 81.1 Å². The summed E-state index contributed by atoms with van der Waals surface area (Å²) in [4.78, 5) is 16.4. The van der Waals surface area contributed by atoms with Crippen LogP contribution in [0.2, 0.25) is 10.0 Å². The summed E-state index contributed by atoms with van der Waals surface area (Å²) < 4.78 is 79.4.